The smallest absolute Gasteiger partial charge is 0.228 e. The minimum atomic E-state index is -0.208. The second kappa shape index (κ2) is 6.52. The number of benzene rings is 1. The maximum absolute atomic E-state index is 12.5. The van der Waals surface area contributed by atoms with Crippen LogP contribution in [0.25, 0.3) is 0 Å². The average molecular weight is 317 g/mol. The van der Waals surface area contributed by atoms with E-state index in [1.165, 1.54) is 12.8 Å². The molecule has 1 aromatic carbocycles. The summed E-state index contributed by atoms with van der Waals surface area (Å²) in [4.78, 5) is 14.4. The Morgan fingerprint density at radius 3 is 2.57 bits per heavy atom. The lowest BCUT2D eigenvalue weighted by Crippen LogP contribution is -2.46. The molecule has 4 nitrogen and oxygen atoms in total. The molecule has 1 amide bonds. The third-order valence-corrected chi connectivity index (χ3v) is 4.92. The van der Waals surface area contributed by atoms with Crippen molar-refractivity contribution in [1.82, 2.24) is 4.90 Å². The van der Waals surface area contributed by atoms with Gasteiger partial charge in [0.15, 0.2) is 0 Å². The molecule has 1 saturated carbocycles. The summed E-state index contributed by atoms with van der Waals surface area (Å²) in [5, 5.41) is 9.48. The number of hydrogen-bond acceptors (Lipinski definition) is 3. The largest absolute Gasteiger partial charge is 0.493 e. The number of ether oxygens (including phenoxy) is 1. The predicted octanol–water partition coefficient (Wildman–Crippen LogP) is 2.84. The van der Waals surface area contributed by atoms with Crippen LogP contribution in [0.15, 0.2) is 24.3 Å². The number of carbonyl (C=O) groups is 1. The first-order chi connectivity index (χ1) is 11.0. The third-order valence-electron chi connectivity index (χ3n) is 4.92. The van der Waals surface area contributed by atoms with Crippen LogP contribution in [0.3, 0.4) is 0 Å². The summed E-state index contributed by atoms with van der Waals surface area (Å²) in [5.74, 6) is 1.27. The number of hydrogen-bond donors (Lipinski definition) is 1. The molecule has 1 saturated heterocycles. The summed E-state index contributed by atoms with van der Waals surface area (Å²) in [6, 6.07) is 8.02. The number of nitrogens with zero attached hydrogens (tertiary/aromatic N) is 1. The number of aliphatic hydroxyl groups is 1. The van der Waals surface area contributed by atoms with Crippen molar-refractivity contribution in [2.75, 3.05) is 19.8 Å². The molecule has 1 heterocycles. The highest BCUT2D eigenvalue weighted by atomic mass is 16.5. The molecule has 1 spiro atoms. The lowest BCUT2D eigenvalue weighted by Gasteiger charge is -2.37. The van der Waals surface area contributed by atoms with Crippen LogP contribution < -0.4 is 4.74 Å². The molecule has 4 heteroatoms. The molecule has 1 aliphatic heterocycles. The molecule has 1 atom stereocenters. The fourth-order valence-electron chi connectivity index (χ4n) is 3.41. The van der Waals surface area contributed by atoms with E-state index >= 15 is 0 Å². The molecule has 1 aromatic rings. The number of piperidine rings is 1. The minimum Gasteiger partial charge on any atom is -0.493 e. The molecule has 1 aliphatic carbocycles. The van der Waals surface area contributed by atoms with Gasteiger partial charge in [-0.15, -0.1) is 0 Å². The van der Waals surface area contributed by atoms with Crippen molar-refractivity contribution in [2.45, 2.75) is 39.7 Å². The molecule has 0 aromatic heterocycles. The van der Waals surface area contributed by atoms with Gasteiger partial charge in [0.25, 0.3) is 0 Å². The summed E-state index contributed by atoms with van der Waals surface area (Å²) in [6.45, 7) is 6.41. The van der Waals surface area contributed by atoms with Gasteiger partial charge < -0.3 is 14.7 Å². The van der Waals surface area contributed by atoms with Crippen LogP contribution in [0.1, 0.15) is 38.7 Å². The maximum Gasteiger partial charge on any atom is 0.228 e. The summed E-state index contributed by atoms with van der Waals surface area (Å²) >= 11 is 0. The van der Waals surface area contributed by atoms with E-state index < -0.39 is 0 Å². The normalized spacial score (nSPS) is 22.7. The summed E-state index contributed by atoms with van der Waals surface area (Å²) in [7, 11) is 0. The van der Waals surface area contributed by atoms with Crippen LogP contribution in [0.2, 0.25) is 0 Å². The molecular weight excluding hydrogens is 290 g/mol. The van der Waals surface area contributed by atoms with E-state index in [0.717, 1.165) is 24.3 Å². The van der Waals surface area contributed by atoms with Crippen molar-refractivity contribution in [1.29, 1.82) is 0 Å². The van der Waals surface area contributed by atoms with E-state index in [1.54, 1.807) is 0 Å². The molecule has 2 aliphatic rings. The first kappa shape index (κ1) is 16.3. The number of likely N-dealkylation sites (tertiary alicyclic amines) is 1. The van der Waals surface area contributed by atoms with Gasteiger partial charge in [-0.25, -0.2) is 0 Å². The zero-order valence-electron chi connectivity index (χ0n) is 14.1. The van der Waals surface area contributed by atoms with Gasteiger partial charge in [0, 0.05) is 13.1 Å². The van der Waals surface area contributed by atoms with Crippen molar-refractivity contribution < 1.29 is 14.6 Å². The SMILES string of the molecule is CC(C)COc1ccc(CN2CC3(CC3)CC(CO)C2=O)cc1. The van der Waals surface area contributed by atoms with Crippen LogP contribution in [0, 0.1) is 17.3 Å². The number of rotatable bonds is 6. The summed E-state index contributed by atoms with van der Waals surface area (Å²) in [6.07, 6.45) is 3.24. The van der Waals surface area contributed by atoms with Crippen molar-refractivity contribution >= 4 is 5.91 Å². The van der Waals surface area contributed by atoms with E-state index in [-0.39, 0.29) is 18.4 Å². The first-order valence-corrected chi connectivity index (χ1v) is 8.63. The standard InChI is InChI=1S/C19H27NO3/c1-14(2)12-23-17-5-3-15(4-6-17)10-20-13-19(7-8-19)9-16(11-21)18(20)22/h3-6,14,16,21H,7-13H2,1-2H3. The molecule has 23 heavy (non-hydrogen) atoms. The topological polar surface area (TPSA) is 49.8 Å². The average Bonchev–Trinajstić information content (AvgIpc) is 3.29. The minimum absolute atomic E-state index is 0.0287. The molecule has 1 unspecified atom stereocenters. The summed E-state index contributed by atoms with van der Waals surface area (Å²) in [5.41, 5.74) is 1.41. The lowest BCUT2D eigenvalue weighted by molar-refractivity contribution is -0.143. The van der Waals surface area contributed by atoms with Gasteiger partial charge in [-0.05, 0) is 48.3 Å². The second-order valence-corrected chi connectivity index (χ2v) is 7.63. The van der Waals surface area contributed by atoms with Gasteiger partial charge in [-0.3, -0.25) is 4.79 Å². The Bertz CT molecular complexity index is 548. The Kier molecular flexibility index (Phi) is 4.62. The van der Waals surface area contributed by atoms with Gasteiger partial charge in [0.2, 0.25) is 5.91 Å². The monoisotopic (exact) mass is 317 g/mol. The lowest BCUT2D eigenvalue weighted by atomic mass is 9.86. The van der Waals surface area contributed by atoms with Crippen LogP contribution >= 0.6 is 0 Å². The van der Waals surface area contributed by atoms with Crippen LogP contribution in [-0.2, 0) is 11.3 Å². The van der Waals surface area contributed by atoms with Crippen molar-refractivity contribution in [2.24, 2.45) is 17.3 Å². The second-order valence-electron chi connectivity index (χ2n) is 7.63. The van der Waals surface area contributed by atoms with Gasteiger partial charge in [0.1, 0.15) is 5.75 Å². The molecule has 0 radical (unpaired) electrons. The Morgan fingerprint density at radius 1 is 1.30 bits per heavy atom. The Morgan fingerprint density at radius 2 is 2.00 bits per heavy atom. The van der Waals surface area contributed by atoms with E-state index in [1.807, 2.05) is 29.2 Å². The predicted molar refractivity (Wildman–Crippen MR) is 89.1 cm³/mol. The molecule has 2 fully saturated rings. The molecule has 0 bridgehead atoms. The van der Waals surface area contributed by atoms with E-state index in [9.17, 15) is 9.90 Å². The Hall–Kier alpha value is -1.55. The highest BCUT2D eigenvalue weighted by Crippen LogP contribution is 2.53. The van der Waals surface area contributed by atoms with Crippen LogP contribution in [0.4, 0.5) is 0 Å². The quantitative estimate of drug-likeness (QED) is 0.878. The number of aliphatic hydroxyl groups excluding tert-OH is 1. The highest BCUT2D eigenvalue weighted by Gasteiger charge is 2.51. The molecular formula is C19H27NO3. The van der Waals surface area contributed by atoms with Crippen molar-refractivity contribution in [3.05, 3.63) is 29.8 Å². The maximum atomic E-state index is 12.5. The van der Waals surface area contributed by atoms with Gasteiger partial charge in [-0.1, -0.05) is 26.0 Å². The molecule has 1 N–H and O–H groups in total. The van der Waals surface area contributed by atoms with E-state index in [4.69, 9.17) is 4.74 Å². The van der Waals surface area contributed by atoms with Gasteiger partial charge >= 0.3 is 0 Å². The fraction of sp³-hybridized carbons (Fsp3) is 0.632. The fourth-order valence-corrected chi connectivity index (χ4v) is 3.41. The van der Waals surface area contributed by atoms with E-state index in [0.29, 0.717) is 24.5 Å². The summed E-state index contributed by atoms with van der Waals surface area (Å²) < 4.78 is 5.70. The number of amides is 1. The Labute approximate surface area is 138 Å². The zero-order chi connectivity index (χ0) is 16.4. The molecule has 126 valence electrons. The van der Waals surface area contributed by atoms with E-state index in [2.05, 4.69) is 13.8 Å². The Balaban J connectivity index is 1.62. The van der Waals surface area contributed by atoms with Crippen LogP contribution in [0.5, 0.6) is 5.75 Å². The zero-order valence-corrected chi connectivity index (χ0v) is 14.1. The van der Waals surface area contributed by atoms with Gasteiger partial charge in [0.05, 0.1) is 19.1 Å². The first-order valence-electron chi connectivity index (χ1n) is 8.63. The van der Waals surface area contributed by atoms with Crippen LogP contribution in [-0.4, -0.2) is 35.7 Å². The van der Waals surface area contributed by atoms with Gasteiger partial charge in [-0.2, -0.15) is 0 Å². The number of carbonyl (C=O) groups excluding carboxylic acids is 1. The third kappa shape index (κ3) is 3.86. The van der Waals surface area contributed by atoms with Crippen molar-refractivity contribution in [3.63, 3.8) is 0 Å². The molecule has 3 rings (SSSR count). The highest BCUT2D eigenvalue weighted by molar-refractivity contribution is 5.80. The van der Waals surface area contributed by atoms with Crippen molar-refractivity contribution in [3.8, 4) is 5.75 Å².